The molecule has 0 aliphatic carbocycles. The van der Waals surface area contributed by atoms with E-state index in [1.54, 1.807) is 0 Å². The van der Waals surface area contributed by atoms with Gasteiger partial charge in [0.15, 0.2) is 5.96 Å². The van der Waals surface area contributed by atoms with Crippen LogP contribution in [0.1, 0.15) is 12.1 Å². The molecule has 0 radical (unpaired) electrons. The first-order chi connectivity index (χ1) is 13.2. The summed E-state index contributed by atoms with van der Waals surface area (Å²) in [6, 6.07) is 18.9. The molecule has 2 aromatic carbocycles. The highest BCUT2D eigenvalue weighted by molar-refractivity contribution is 6.30. The lowest BCUT2D eigenvalue weighted by Gasteiger charge is -2.20. The molecule has 1 saturated heterocycles. The van der Waals surface area contributed by atoms with Gasteiger partial charge in [-0.05, 0) is 42.1 Å². The second kappa shape index (κ2) is 7.92. The van der Waals surface area contributed by atoms with Crippen molar-refractivity contribution < 1.29 is 0 Å². The number of aromatic amines is 1. The van der Waals surface area contributed by atoms with E-state index in [2.05, 4.69) is 55.8 Å². The molecule has 5 nitrogen and oxygen atoms in total. The first kappa shape index (κ1) is 17.7. The van der Waals surface area contributed by atoms with E-state index in [0.717, 1.165) is 41.7 Å². The number of nitrogens with one attached hydrogen (secondary N) is 3. The number of fused-ring (bicyclic) bond motifs is 1. The third kappa shape index (κ3) is 4.19. The van der Waals surface area contributed by atoms with Gasteiger partial charge >= 0.3 is 0 Å². The van der Waals surface area contributed by atoms with Gasteiger partial charge in [0.1, 0.15) is 0 Å². The molecule has 2 heterocycles. The highest BCUT2D eigenvalue weighted by Crippen LogP contribution is 2.23. The van der Waals surface area contributed by atoms with E-state index >= 15 is 0 Å². The van der Waals surface area contributed by atoms with Crippen LogP contribution in [0.15, 0.2) is 59.6 Å². The summed E-state index contributed by atoms with van der Waals surface area (Å²) in [6.45, 7) is 2.66. The van der Waals surface area contributed by atoms with Crippen molar-refractivity contribution in [1.29, 1.82) is 0 Å². The molecule has 4 rings (SSSR count). The quantitative estimate of drug-likeness (QED) is 0.476. The Labute approximate surface area is 164 Å². The van der Waals surface area contributed by atoms with Crippen LogP contribution in [-0.4, -0.2) is 37.1 Å². The van der Waals surface area contributed by atoms with Gasteiger partial charge in [-0.2, -0.15) is 0 Å². The highest BCUT2D eigenvalue weighted by atomic mass is 35.5. The second-order valence-corrected chi connectivity index (χ2v) is 7.30. The molecule has 3 N–H and O–H groups in total. The van der Waals surface area contributed by atoms with E-state index in [9.17, 15) is 0 Å². The number of nitrogens with zero attached hydrogens (tertiary/aromatic N) is 2. The number of aromatic nitrogens is 1. The van der Waals surface area contributed by atoms with Crippen molar-refractivity contribution in [2.75, 3.05) is 25.0 Å². The maximum atomic E-state index is 6.12. The molecule has 140 valence electrons. The predicted molar refractivity (Wildman–Crippen MR) is 114 cm³/mol. The zero-order valence-corrected chi connectivity index (χ0v) is 16.1. The van der Waals surface area contributed by atoms with E-state index in [0.29, 0.717) is 12.6 Å². The zero-order chi connectivity index (χ0) is 18.6. The molecule has 0 bridgehead atoms. The molecule has 0 saturated carbocycles. The van der Waals surface area contributed by atoms with Crippen LogP contribution in [0.4, 0.5) is 5.69 Å². The third-order valence-corrected chi connectivity index (χ3v) is 5.19. The third-order valence-electron chi connectivity index (χ3n) is 4.96. The number of guanidine groups is 1. The zero-order valence-electron chi connectivity index (χ0n) is 15.4. The van der Waals surface area contributed by atoms with Gasteiger partial charge in [0.25, 0.3) is 0 Å². The number of rotatable bonds is 4. The van der Waals surface area contributed by atoms with Gasteiger partial charge in [-0.3, -0.25) is 4.99 Å². The molecule has 27 heavy (non-hydrogen) atoms. The monoisotopic (exact) mass is 381 g/mol. The van der Waals surface area contributed by atoms with Crippen molar-refractivity contribution in [2.24, 2.45) is 4.99 Å². The Balaban J connectivity index is 1.32. The number of halogens is 1. The number of hydrogen-bond acceptors (Lipinski definition) is 2. The smallest absolute Gasteiger partial charge is 0.191 e. The van der Waals surface area contributed by atoms with E-state index in [1.165, 1.54) is 11.1 Å². The molecule has 0 spiro atoms. The standard InChI is InChI=1S/C21H24ClN5/c1-23-21(24-13-18-11-15-5-2-3-8-20(15)25-18)26-17-9-10-27(14-17)19-7-4-6-16(22)12-19/h2-8,11-12,17,25H,9-10,13-14H2,1H3,(H2,23,24,26). The van der Waals surface area contributed by atoms with Crippen molar-refractivity contribution >= 4 is 34.2 Å². The van der Waals surface area contributed by atoms with Gasteiger partial charge in [0.05, 0.1) is 6.54 Å². The van der Waals surface area contributed by atoms with Gasteiger partial charge in [-0.25, -0.2) is 0 Å². The molecule has 1 aromatic heterocycles. The summed E-state index contributed by atoms with van der Waals surface area (Å²) in [6.07, 6.45) is 1.07. The maximum Gasteiger partial charge on any atom is 0.191 e. The van der Waals surface area contributed by atoms with Gasteiger partial charge in [0.2, 0.25) is 0 Å². The minimum atomic E-state index is 0.359. The number of anilines is 1. The molecule has 3 aromatic rings. The fourth-order valence-electron chi connectivity index (χ4n) is 3.58. The van der Waals surface area contributed by atoms with Gasteiger partial charge < -0.3 is 20.5 Å². The van der Waals surface area contributed by atoms with Crippen LogP contribution in [0, 0.1) is 0 Å². The fourth-order valence-corrected chi connectivity index (χ4v) is 3.77. The van der Waals surface area contributed by atoms with Crippen LogP contribution in [0.2, 0.25) is 5.02 Å². The first-order valence-electron chi connectivity index (χ1n) is 9.25. The molecule has 1 aliphatic heterocycles. The van der Waals surface area contributed by atoms with Gasteiger partial charge in [-0.1, -0.05) is 35.9 Å². The molecule has 1 fully saturated rings. The van der Waals surface area contributed by atoms with Crippen molar-refractivity contribution in [1.82, 2.24) is 15.6 Å². The summed E-state index contributed by atoms with van der Waals surface area (Å²) < 4.78 is 0. The summed E-state index contributed by atoms with van der Waals surface area (Å²) in [5, 5.41) is 8.94. The Kier molecular flexibility index (Phi) is 5.21. The number of aliphatic imine (C=N–C) groups is 1. The van der Waals surface area contributed by atoms with Crippen LogP contribution in [0.25, 0.3) is 10.9 Å². The molecular formula is C21H24ClN5. The summed E-state index contributed by atoms with van der Waals surface area (Å²) in [7, 11) is 1.81. The van der Waals surface area contributed by atoms with E-state index in [1.807, 2.05) is 31.3 Å². The molecule has 0 amide bonds. The topological polar surface area (TPSA) is 55.5 Å². The molecule has 1 unspecified atom stereocenters. The van der Waals surface area contributed by atoms with Crippen LogP contribution in [0.3, 0.4) is 0 Å². The molecule has 1 aliphatic rings. The fraction of sp³-hybridized carbons (Fsp3) is 0.286. The van der Waals surface area contributed by atoms with Crippen LogP contribution in [0.5, 0.6) is 0 Å². The van der Waals surface area contributed by atoms with Crippen molar-refractivity contribution in [3.05, 3.63) is 65.3 Å². The van der Waals surface area contributed by atoms with E-state index in [4.69, 9.17) is 11.6 Å². The predicted octanol–water partition coefficient (Wildman–Crippen LogP) is 3.77. The van der Waals surface area contributed by atoms with E-state index in [-0.39, 0.29) is 0 Å². The Bertz CT molecular complexity index is 915. The average molecular weight is 382 g/mol. The maximum absolute atomic E-state index is 6.12. The summed E-state index contributed by atoms with van der Waals surface area (Å²) in [4.78, 5) is 10.2. The number of benzene rings is 2. The first-order valence-corrected chi connectivity index (χ1v) is 9.63. The average Bonchev–Trinajstić information content (AvgIpc) is 3.31. The normalized spacial score (nSPS) is 17.5. The Morgan fingerprint density at radius 2 is 2.11 bits per heavy atom. The van der Waals surface area contributed by atoms with Crippen molar-refractivity contribution in [3.63, 3.8) is 0 Å². The minimum absolute atomic E-state index is 0.359. The van der Waals surface area contributed by atoms with Crippen molar-refractivity contribution in [3.8, 4) is 0 Å². The molecular weight excluding hydrogens is 358 g/mol. The van der Waals surface area contributed by atoms with E-state index < -0.39 is 0 Å². The SMILES string of the molecule is CN=C(NCc1cc2ccccc2[nH]1)NC1CCN(c2cccc(Cl)c2)C1. The summed E-state index contributed by atoms with van der Waals surface area (Å²) in [5.41, 5.74) is 3.48. The summed E-state index contributed by atoms with van der Waals surface area (Å²) in [5.74, 6) is 0.826. The van der Waals surface area contributed by atoms with Gasteiger partial charge in [-0.15, -0.1) is 0 Å². The van der Waals surface area contributed by atoms with Crippen molar-refractivity contribution in [2.45, 2.75) is 19.0 Å². The minimum Gasteiger partial charge on any atom is -0.369 e. The number of H-pyrrole nitrogens is 1. The number of para-hydroxylation sites is 1. The lowest BCUT2D eigenvalue weighted by molar-refractivity contribution is 0.647. The second-order valence-electron chi connectivity index (χ2n) is 6.86. The molecule has 6 heteroatoms. The highest BCUT2D eigenvalue weighted by Gasteiger charge is 2.23. The molecule has 1 atom stereocenters. The lowest BCUT2D eigenvalue weighted by atomic mass is 10.2. The van der Waals surface area contributed by atoms with Crippen LogP contribution >= 0.6 is 11.6 Å². The summed E-state index contributed by atoms with van der Waals surface area (Å²) >= 11 is 6.12. The largest absolute Gasteiger partial charge is 0.369 e. The Morgan fingerprint density at radius 3 is 2.93 bits per heavy atom. The lowest BCUT2D eigenvalue weighted by Crippen LogP contribution is -2.44. The Morgan fingerprint density at radius 1 is 1.22 bits per heavy atom. The van der Waals surface area contributed by atoms with Crippen LogP contribution in [-0.2, 0) is 6.54 Å². The van der Waals surface area contributed by atoms with Gasteiger partial charge in [0, 0.05) is 48.1 Å². The Hall–Kier alpha value is -2.66. The number of hydrogen-bond donors (Lipinski definition) is 3. The van der Waals surface area contributed by atoms with Crippen LogP contribution < -0.4 is 15.5 Å².